The molecule has 0 spiro atoms. The number of amides is 1. The van der Waals surface area contributed by atoms with Crippen molar-refractivity contribution in [2.75, 3.05) is 19.8 Å². The molecule has 1 saturated heterocycles. The maximum atomic E-state index is 11.9. The molecule has 6 heteroatoms. The van der Waals surface area contributed by atoms with E-state index in [9.17, 15) is 4.79 Å². The molecule has 124 valence electrons. The van der Waals surface area contributed by atoms with Crippen LogP contribution in [0.2, 0.25) is 0 Å². The number of nitrogens with zero attached hydrogens (tertiary/aromatic N) is 2. The summed E-state index contributed by atoms with van der Waals surface area (Å²) in [6, 6.07) is 8.13. The first kappa shape index (κ1) is 16.0. The number of fused-ring (bicyclic) bond motifs is 1. The second-order valence-electron chi connectivity index (χ2n) is 6.12. The summed E-state index contributed by atoms with van der Waals surface area (Å²) in [6.07, 6.45) is 1.36. The fraction of sp³-hybridized carbons (Fsp3) is 0.529. The lowest BCUT2D eigenvalue weighted by Crippen LogP contribution is -2.48. The molecule has 0 unspecified atom stereocenters. The molecule has 2 heterocycles. The first-order valence-electron chi connectivity index (χ1n) is 8.19. The Morgan fingerprint density at radius 1 is 1.39 bits per heavy atom. The van der Waals surface area contributed by atoms with Gasteiger partial charge in [0, 0.05) is 26.3 Å². The van der Waals surface area contributed by atoms with E-state index in [0.29, 0.717) is 39.1 Å². The van der Waals surface area contributed by atoms with Crippen LogP contribution in [0.4, 0.5) is 0 Å². The summed E-state index contributed by atoms with van der Waals surface area (Å²) in [4.78, 5) is 16.6. The summed E-state index contributed by atoms with van der Waals surface area (Å²) in [5.41, 5.74) is 7.29. The number of primary amides is 1. The lowest BCUT2D eigenvalue weighted by molar-refractivity contribution is -0.132. The summed E-state index contributed by atoms with van der Waals surface area (Å²) in [7, 11) is 0. The van der Waals surface area contributed by atoms with E-state index in [1.165, 1.54) is 0 Å². The van der Waals surface area contributed by atoms with Crippen molar-refractivity contribution in [3.05, 3.63) is 30.1 Å². The summed E-state index contributed by atoms with van der Waals surface area (Å²) in [5.74, 6) is 0.748. The van der Waals surface area contributed by atoms with Crippen LogP contribution in [0.5, 0.6) is 0 Å². The van der Waals surface area contributed by atoms with E-state index in [1.54, 1.807) is 0 Å². The third-order valence-electron chi connectivity index (χ3n) is 4.77. The van der Waals surface area contributed by atoms with Crippen molar-refractivity contribution in [3.63, 3.8) is 0 Å². The van der Waals surface area contributed by atoms with E-state index >= 15 is 0 Å². The van der Waals surface area contributed by atoms with Gasteiger partial charge in [-0.2, -0.15) is 0 Å². The second kappa shape index (κ2) is 6.68. The number of para-hydroxylation sites is 2. The number of benzene rings is 1. The average Bonchev–Trinajstić information content (AvgIpc) is 2.93. The largest absolute Gasteiger partial charge is 0.381 e. The van der Waals surface area contributed by atoms with Gasteiger partial charge in [0.2, 0.25) is 5.91 Å². The molecular formula is C17H24N4O2. The first-order valence-corrected chi connectivity index (χ1v) is 8.19. The van der Waals surface area contributed by atoms with Gasteiger partial charge in [0.25, 0.3) is 0 Å². The highest BCUT2D eigenvalue weighted by Gasteiger charge is 2.38. The van der Waals surface area contributed by atoms with Gasteiger partial charge in [-0.1, -0.05) is 12.1 Å². The van der Waals surface area contributed by atoms with E-state index in [0.717, 1.165) is 23.4 Å². The lowest BCUT2D eigenvalue weighted by atomic mass is 9.79. The maximum absolute atomic E-state index is 11.9. The Bertz CT molecular complexity index is 689. The topological polar surface area (TPSA) is 82.2 Å². The van der Waals surface area contributed by atoms with E-state index in [1.807, 2.05) is 18.2 Å². The van der Waals surface area contributed by atoms with Gasteiger partial charge < -0.3 is 20.4 Å². The third kappa shape index (κ3) is 3.09. The highest BCUT2D eigenvalue weighted by Crippen LogP contribution is 2.29. The van der Waals surface area contributed by atoms with Crippen molar-refractivity contribution in [3.8, 4) is 0 Å². The molecule has 1 aromatic heterocycles. The van der Waals surface area contributed by atoms with Crippen LogP contribution in [0.25, 0.3) is 11.0 Å². The van der Waals surface area contributed by atoms with Gasteiger partial charge >= 0.3 is 0 Å². The molecular weight excluding hydrogens is 292 g/mol. The van der Waals surface area contributed by atoms with Crippen LogP contribution < -0.4 is 11.1 Å². The lowest BCUT2D eigenvalue weighted by Gasteiger charge is -2.34. The molecule has 2 aromatic rings. The SMILES string of the molecule is CCn1c(CNCC2(C(N)=O)CCOCC2)nc2ccccc21. The number of aromatic nitrogens is 2. The Morgan fingerprint density at radius 3 is 2.83 bits per heavy atom. The van der Waals surface area contributed by atoms with Crippen molar-refractivity contribution in [1.82, 2.24) is 14.9 Å². The van der Waals surface area contributed by atoms with Crippen molar-refractivity contribution in [1.29, 1.82) is 0 Å². The zero-order valence-corrected chi connectivity index (χ0v) is 13.5. The standard InChI is InChI=1S/C17H24N4O2/c1-2-21-14-6-4-3-5-13(14)20-15(21)11-19-12-17(16(18)22)7-9-23-10-8-17/h3-6,19H,2,7-12H2,1H3,(H2,18,22). The summed E-state index contributed by atoms with van der Waals surface area (Å²) in [6.45, 7) is 5.36. The van der Waals surface area contributed by atoms with Gasteiger partial charge in [0.1, 0.15) is 5.82 Å². The van der Waals surface area contributed by atoms with E-state index in [4.69, 9.17) is 15.5 Å². The maximum Gasteiger partial charge on any atom is 0.225 e. The number of ether oxygens (including phenoxy) is 1. The van der Waals surface area contributed by atoms with Gasteiger partial charge in [-0.25, -0.2) is 4.98 Å². The quantitative estimate of drug-likeness (QED) is 0.844. The van der Waals surface area contributed by atoms with Gasteiger partial charge in [0.05, 0.1) is 23.0 Å². The number of rotatable bonds is 6. The predicted molar refractivity (Wildman–Crippen MR) is 88.8 cm³/mol. The van der Waals surface area contributed by atoms with Gasteiger partial charge in [-0.05, 0) is 31.9 Å². The van der Waals surface area contributed by atoms with Crippen LogP contribution in [-0.4, -0.2) is 35.2 Å². The molecule has 1 aliphatic heterocycles. The molecule has 0 saturated carbocycles. The van der Waals surface area contributed by atoms with Crippen LogP contribution in [-0.2, 0) is 22.6 Å². The molecule has 0 aliphatic carbocycles. The summed E-state index contributed by atoms with van der Waals surface area (Å²) < 4.78 is 7.56. The van der Waals surface area contributed by atoms with Gasteiger partial charge in [0.15, 0.2) is 0 Å². The summed E-state index contributed by atoms with van der Waals surface area (Å²) >= 11 is 0. The minimum Gasteiger partial charge on any atom is -0.381 e. The number of imidazole rings is 1. The molecule has 6 nitrogen and oxygen atoms in total. The normalized spacial score (nSPS) is 17.4. The molecule has 1 aromatic carbocycles. The monoisotopic (exact) mass is 316 g/mol. The van der Waals surface area contributed by atoms with Crippen molar-refractivity contribution < 1.29 is 9.53 Å². The number of carbonyl (C=O) groups is 1. The van der Waals surface area contributed by atoms with Crippen LogP contribution in [0, 0.1) is 5.41 Å². The average molecular weight is 316 g/mol. The van der Waals surface area contributed by atoms with E-state index in [2.05, 4.69) is 22.9 Å². The number of hydrogen-bond acceptors (Lipinski definition) is 4. The van der Waals surface area contributed by atoms with Crippen molar-refractivity contribution in [2.24, 2.45) is 11.1 Å². The second-order valence-corrected chi connectivity index (χ2v) is 6.12. The fourth-order valence-corrected chi connectivity index (χ4v) is 3.30. The molecule has 0 atom stereocenters. The number of nitrogens with two attached hydrogens (primary N) is 1. The number of aryl methyl sites for hydroxylation is 1. The highest BCUT2D eigenvalue weighted by atomic mass is 16.5. The molecule has 1 fully saturated rings. The molecule has 3 N–H and O–H groups in total. The Labute approximate surface area is 136 Å². The van der Waals surface area contributed by atoms with Crippen molar-refractivity contribution >= 4 is 16.9 Å². The molecule has 3 rings (SSSR count). The number of nitrogens with one attached hydrogen (secondary N) is 1. The Hall–Kier alpha value is -1.92. The number of hydrogen-bond donors (Lipinski definition) is 2. The van der Waals surface area contributed by atoms with E-state index in [-0.39, 0.29) is 5.91 Å². The van der Waals surface area contributed by atoms with Crippen LogP contribution >= 0.6 is 0 Å². The van der Waals surface area contributed by atoms with E-state index < -0.39 is 5.41 Å². The number of carbonyl (C=O) groups excluding carboxylic acids is 1. The van der Waals surface area contributed by atoms with Crippen LogP contribution in [0.3, 0.4) is 0 Å². The fourth-order valence-electron chi connectivity index (χ4n) is 3.30. The van der Waals surface area contributed by atoms with Gasteiger partial charge in [-0.15, -0.1) is 0 Å². The van der Waals surface area contributed by atoms with Crippen LogP contribution in [0.15, 0.2) is 24.3 Å². The molecule has 23 heavy (non-hydrogen) atoms. The smallest absolute Gasteiger partial charge is 0.225 e. The highest BCUT2D eigenvalue weighted by molar-refractivity contribution is 5.81. The Morgan fingerprint density at radius 2 is 2.13 bits per heavy atom. The molecule has 0 bridgehead atoms. The molecule has 1 amide bonds. The first-order chi connectivity index (χ1) is 11.2. The zero-order valence-electron chi connectivity index (χ0n) is 13.5. The summed E-state index contributed by atoms with van der Waals surface area (Å²) in [5, 5.41) is 3.39. The predicted octanol–water partition coefficient (Wildman–Crippen LogP) is 1.43. The molecule has 1 aliphatic rings. The van der Waals surface area contributed by atoms with Gasteiger partial charge in [-0.3, -0.25) is 4.79 Å². The zero-order chi connectivity index (χ0) is 16.3. The third-order valence-corrected chi connectivity index (χ3v) is 4.77. The minimum atomic E-state index is -0.499. The Balaban J connectivity index is 1.72. The minimum absolute atomic E-state index is 0.239. The molecule has 0 radical (unpaired) electrons. The van der Waals surface area contributed by atoms with Crippen molar-refractivity contribution in [2.45, 2.75) is 32.9 Å². The van der Waals surface area contributed by atoms with Crippen LogP contribution in [0.1, 0.15) is 25.6 Å². The Kier molecular flexibility index (Phi) is 4.63.